The monoisotopic (exact) mass is 630 g/mol. The lowest BCUT2D eigenvalue weighted by atomic mass is 10.1. The number of nitro benzene ring substituents is 2. The lowest BCUT2D eigenvalue weighted by Gasteiger charge is -2.26. The maximum atomic E-state index is 13.1. The van der Waals surface area contributed by atoms with E-state index in [2.05, 4.69) is 5.32 Å². The van der Waals surface area contributed by atoms with Gasteiger partial charge in [0, 0.05) is 6.07 Å². The first-order chi connectivity index (χ1) is 18.1. The number of nitro groups is 2. The summed E-state index contributed by atoms with van der Waals surface area (Å²) in [6, 6.07) is 13.1. The van der Waals surface area contributed by atoms with Crippen molar-refractivity contribution in [1.82, 2.24) is 5.32 Å². The zero-order chi connectivity index (χ0) is 27.6. The number of amides is 4. The number of para-hydroxylation sites is 1. The highest BCUT2D eigenvalue weighted by atomic mass is 127. The van der Waals surface area contributed by atoms with E-state index in [4.69, 9.17) is 9.47 Å². The molecule has 4 amide bonds. The van der Waals surface area contributed by atoms with Crippen LogP contribution in [0.5, 0.6) is 17.2 Å². The number of carbonyl (C=O) groups excluding carboxylic acids is 3. The summed E-state index contributed by atoms with van der Waals surface area (Å²) in [5.41, 5.74) is -0.817. The number of hydrogen-bond acceptors (Lipinski definition) is 9. The number of barbiturate groups is 1. The molecule has 0 aromatic heterocycles. The van der Waals surface area contributed by atoms with Gasteiger partial charge in [-0.2, -0.15) is 0 Å². The quantitative estimate of drug-likeness (QED) is 0.129. The molecule has 1 aliphatic rings. The molecule has 0 aliphatic carbocycles. The van der Waals surface area contributed by atoms with E-state index in [1.54, 1.807) is 30.3 Å². The molecule has 38 heavy (non-hydrogen) atoms. The highest BCUT2D eigenvalue weighted by molar-refractivity contribution is 14.1. The van der Waals surface area contributed by atoms with Crippen LogP contribution >= 0.6 is 22.6 Å². The van der Waals surface area contributed by atoms with Crippen molar-refractivity contribution in [2.24, 2.45) is 0 Å². The zero-order valence-electron chi connectivity index (χ0n) is 19.2. The van der Waals surface area contributed by atoms with Crippen LogP contribution in [0.4, 0.5) is 21.9 Å². The van der Waals surface area contributed by atoms with Crippen LogP contribution in [0, 0.1) is 23.8 Å². The van der Waals surface area contributed by atoms with Crippen molar-refractivity contribution in [2.75, 3.05) is 12.0 Å². The molecular formula is C24H15IN4O9. The van der Waals surface area contributed by atoms with E-state index in [1.165, 1.54) is 25.3 Å². The third kappa shape index (κ3) is 5.15. The predicted octanol–water partition coefficient (Wildman–Crippen LogP) is 4.57. The number of ether oxygens (including phenoxy) is 2. The molecule has 3 aromatic carbocycles. The molecule has 0 saturated carbocycles. The van der Waals surface area contributed by atoms with Crippen LogP contribution in [0.15, 0.2) is 66.2 Å². The third-order valence-electron chi connectivity index (χ3n) is 5.24. The molecule has 1 heterocycles. The van der Waals surface area contributed by atoms with E-state index in [-0.39, 0.29) is 28.5 Å². The van der Waals surface area contributed by atoms with Gasteiger partial charge in [0.1, 0.15) is 5.57 Å². The van der Waals surface area contributed by atoms with E-state index in [9.17, 15) is 34.6 Å². The standard InChI is InChI=1S/C24H15IN4O9/c1-37-20-11-13(9-16-22(30)26-24(32)27(23(16)31)14-5-3-2-4-6-14)10-17(25)21(20)38-19-8-7-15(28(33)34)12-18(19)29(35)36/h2-12H,1H3,(H,26,30,32)/b16-9+. The summed E-state index contributed by atoms with van der Waals surface area (Å²) < 4.78 is 11.5. The average Bonchev–Trinajstić information content (AvgIpc) is 2.88. The number of imide groups is 2. The van der Waals surface area contributed by atoms with Crippen molar-refractivity contribution in [3.63, 3.8) is 0 Å². The Labute approximate surface area is 227 Å². The van der Waals surface area contributed by atoms with Crippen molar-refractivity contribution < 1.29 is 33.7 Å². The number of rotatable bonds is 7. The van der Waals surface area contributed by atoms with Crippen molar-refractivity contribution in [3.05, 3.63) is 95.6 Å². The lowest BCUT2D eigenvalue weighted by molar-refractivity contribution is -0.394. The van der Waals surface area contributed by atoms with Crippen LogP contribution in [0.3, 0.4) is 0 Å². The summed E-state index contributed by atoms with van der Waals surface area (Å²) in [5.74, 6) is -1.82. The normalized spacial score (nSPS) is 14.3. The maximum Gasteiger partial charge on any atom is 0.335 e. The molecule has 0 radical (unpaired) electrons. The fraction of sp³-hybridized carbons (Fsp3) is 0.0417. The number of halogens is 1. The lowest BCUT2D eigenvalue weighted by Crippen LogP contribution is -2.54. The van der Waals surface area contributed by atoms with E-state index in [0.29, 0.717) is 9.13 Å². The van der Waals surface area contributed by atoms with E-state index >= 15 is 0 Å². The smallest absolute Gasteiger partial charge is 0.335 e. The number of hydrogen-bond donors (Lipinski definition) is 1. The summed E-state index contributed by atoms with van der Waals surface area (Å²) in [6.07, 6.45) is 1.27. The van der Waals surface area contributed by atoms with Gasteiger partial charge in [0.2, 0.25) is 5.75 Å². The molecule has 3 aromatic rings. The predicted molar refractivity (Wildman–Crippen MR) is 141 cm³/mol. The summed E-state index contributed by atoms with van der Waals surface area (Å²) in [6.45, 7) is 0. The number of anilines is 1. The first kappa shape index (κ1) is 26.2. The van der Waals surface area contributed by atoms with Crippen LogP contribution in [-0.4, -0.2) is 34.8 Å². The van der Waals surface area contributed by atoms with E-state index in [1.807, 2.05) is 22.6 Å². The molecule has 4 rings (SSSR count). The second-order valence-corrected chi connectivity index (χ2v) is 8.76. The summed E-state index contributed by atoms with van der Waals surface area (Å²) in [5, 5.41) is 24.6. The third-order valence-corrected chi connectivity index (χ3v) is 6.04. The second-order valence-electron chi connectivity index (χ2n) is 7.60. The van der Waals surface area contributed by atoms with Crippen LogP contribution in [0.1, 0.15) is 5.56 Å². The number of urea groups is 1. The molecule has 1 fully saturated rings. The number of carbonyl (C=O) groups is 3. The summed E-state index contributed by atoms with van der Waals surface area (Å²) >= 11 is 1.87. The SMILES string of the molecule is COc1cc(/C=C2\C(=O)NC(=O)N(c3ccccc3)C2=O)cc(I)c1Oc1ccc([N+](=O)[O-])cc1[N+](=O)[O-]. The van der Waals surface area contributed by atoms with Gasteiger partial charge in [-0.3, -0.25) is 35.1 Å². The molecule has 0 unspecified atom stereocenters. The Bertz CT molecular complexity index is 1540. The molecule has 0 spiro atoms. The van der Waals surface area contributed by atoms with Crippen LogP contribution in [0.25, 0.3) is 6.08 Å². The summed E-state index contributed by atoms with van der Waals surface area (Å²) in [4.78, 5) is 59.7. The Balaban J connectivity index is 1.72. The zero-order valence-corrected chi connectivity index (χ0v) is 21.4. The van der Waals surface area contributed by atoms with Gasteiger partial charge < -0.3 is 9.47 Å². The highest BCUT2D eigenvalue weighted by Crippen LogP contribution is 2.41. The number of nitrogens with zero attached hydrogens (tertiary/aromatic N) is 3. The molecular weight excluding hydrogens is 615 g/mol. The van der Waals surface area contributed by atoms with Crippen molar-refractivity contribution in [2.45, 2.75) is 0 Å². The van der Waals surface area contributed by atoms with Crippen molar-refractivity contribution in [1.29, 1.82) is 0 Å². The minimum Gasteiger partial charge on any atom is -0.493 e. The number of nitrogens with one attached hydrogen (secondary N) is 1. The van der Waals surface area contributed by atoms with E-state index < -0.39 is 39.1 Å². The fourth-order valence-electron chi connectivity index (χ4n) is 3.52. The molecule has 1 N–H and O–H groups in total. The molecule has 14 heteroatoms. The molecule has 1 aliphatic heterocycles. The van der Waals surface area contributed by atoms with E-state index in [0.717, 1.165) is 23.1 Å². The molecule has 192 valence electrons. The Morgan fingerprint density at radius 3 is 2.29 bits per heavy atom. The molecule has 1 saturated heterocycles. The fourth-order valence-corrected chi connectivity index (χ4v) is 4.25. The first-order valence-corrected chi connectivity index (χ1v) is 11.6. The maximum absolute atomic E-state index is 13.1. The van der Waals surface area contributed by atoms with Gasteiger partial charge in [0.25, 0.3) is 17.5 Å². The van der Waals surface area contributed by atoms with Gasteiger partial charge in [0.05, 0.1) is 32.3 Å². The van der Waals surface area contributed by atoms with Crippen LogP contribution in [0.2, 0.25) is 0 Å². The first-order valence-electron chi connectivity index (χ1n) is 10.6. The Morgan fingerprint density at radius 1 is 0.947 bits per heavy atom. The second kappa shape index (κ2) is 10.6. The number of non-ortho nitro benzene ring substituents is 1. The number of benzene rings is 3. The molecule has 0 atom stereocenters. The van der Waals surface area contributed by atoms with Crippen LogP contribution in [-0.2, 0) is 9.59 Å². The molecule has 13 nitrogen and oxygen atoms in total. The largest absolute Gasteiger partial charge is 0.493 e. The summed E-state index contributed by atoms with van der Waals surface area (Å²) in [7, 11) is 1.31. The Hall–Kier alpha value is -4.86. The Morgan fingerprint density at radius 2 is 1.66 bits per heavy atom. The van der Waals surface area contributed by atoms with Gasteiger partial charge in [-0.1, -0.05) is 18.2 Å². The highest BCUT2D eigenvalue weighted by Gasteiger charge is 2.36. The average molecular weight is 630 g/mol. The topological polar surface area (TPSA) is 171 Å². The Kier molecular flexibility index (Phi) is 7.33. The van der Waals surface area contributed by atoms with Gasteiger partial charge in [-0.15, -0.1) is 0 Å². The van der Waals surface area contributed by atoms with Crippen molar-refractivity contribution >= 4 is 63.6 Å². The number of methoxy groups -OCH3 is 1. The van der Waals surface area contributed by atoms with Gasteiger partial charge >= 0.3 is 11.7 Å². The minimum atomic E-state index is -0.886. The molecule has 0 bridgehead atoms. The van der Waals surface area contributed by atoms with Gasteiger partial charge in [0.15, 0.2) is 11.5 Å². The van der Waals surface area contributed by atoms with Gasteiger partial charge in [-0.05, 0) is 64.6 Å². The van der Waals surface area contributed by atoms with Gasteiger partial charge in [-0.25, -0.2) is 9.69 Å². The van der Waals surface area contributed by atoms with Crippen LogP contribution < -0.4 is 19.7 Å². The minimum absolute atomic E-state index is 0.0627. The van der Waals surface area contributed by atoms with Crippen molar-refractivity contribution in [3.8, 4) is 17.2 Å².